The molecule has 0 aliphatic rings. The Morgan fingerprint density at radius 1 is 0.808 bits per heavy atom. The molecule has 6 heteroatoms. The third-order valence-electron chi connectivity index (χ3n) is 3.67. The first-order chi connectivity index (χ1) is 12.5. The Kier molecular flexibility index (Phi) is 5.43. The molecule has 5 nitrogen and oxygen atoms in total. The number of hydrogen-bond acceptors (Lipinski definition) is 6. The summed E-state index contributed by atoms with van der Waals surface area (Å²) in [4.78, 5) is 16.7. The first-order valence-electron chi connectivity index (χ1n) is 8.03. The Balaban J connectivity index is 1.94. The molecule has 26 heavy (non-hydrogen) atoms. The van der Waals surface area contributed by atoms with Gasteiger partial charge in [-0.15, -0.1) is 12.6 Å². The molecule has 0 saturated carbocycles. The van der Waals surface area contributed by atoms with Gasteiger partial charge in [-0.2, -0.15) is 4.98 Å². The second-order valence-electron chi connectivity index (χ2n) is 5.86. The number of benzene rings is 2. The average molecular weight is 362 g/mol. The summed E-state index contributed by atoms with van der Waals surface area (Å²) in [6, 6.07) is 15.8. The van der Waals surface area contributed by atoms with Gasteiger partial charge >= 0.3 is 0 Å². The predicted octanol–water partition coefficient (Wildman–Crippen LogP) is 4.59. The summed E-state index contributed by atoms with van der Waals surface area (Å²) in [6.45, 7) is 4.04. The van der Waals surface area contributed by atoms with E-state index in [9.17, 15) is 5.11 Å². The van der Waals surface area contributed by atoms with E-state index in [1.807, 2.05) is 62.4 Å². The molecule has 0 aliphatic heterocycles. The minimum absolute atomic E-state index is 0.132. The Morgan fingerprint density at radius 2 is 1.31 bits per heavy atom. The quantitative estimate of drug-likeness (QED) is 0.405. The van der Waals surface area contributed by atoms with Gasteiger partial charge in [-0.05, 0) is 25.0 Å². The molecule has 0 atom stereocenters. The fourth-order valence-corrected chi connectivity index (χ4v) is 2.40. The summed E-state index contributed by atoms with van der Waals surface area (Å²) in [5, 5.41) is 10.3. The Hall–Kier alpha value is -2.99. The fraction of sp³-hybridized carbons (Fsp3) is 0.100. The van der Waals surface area contributed by atoms with Crippen LogP contribution in [0.15, 0.2) is 63.7 Å². The van der Waals surface area contributed by atoms with Crippen molar-refractivity contribution in [2.75, 3.05) is 0 Å². The summed E-state index contributed by atoms with van der Waals surface area (Å²) in [5.41, 5.74) is 4.35. The van der Waals surface area contributed by atoms with Gasteiger partial charge in [-0.25, -0.2) is 15.0 Å². The molecule has 0 radical (unpaired) electrons. The maximum atomic E-state index is 10.1. The molecule has 0 spiro atoms. The molecule has 0 bridgehead atoms. The lowest BCUT2D eigenvalue weighted by atomic mass is 10.2. The zero-order valence-corrected chi connectivity index (χ0v) is 15.4. The standard InChI is InChI=1S/C20H18N4OS/c1-13-3-7-15(8-4-13)11-21-17-18(23-20(26)24-19(17)25)22-12-16-9-5-14(2)6-10-16/h3-12H,1-2H3,(H2,23,24,25,26)/b21-11+,22-12+. The van der Waals surface area contributed by atoms with Crippen molar-refractivity contribution in [1.29, 1.82) is 0 Å². The Morgan fingerprint density at radius 3 is 1.85 bits per heavy atom. The highest BCUT2D eigenvalue weighted by molar-refractivity contribution is 7.80. The van der Waals surface area contributed by atoms with E-state index in [4.69, 9.17) is 0 Å². The molecule has 1 aromatic heterocycles. The Bertz CT molecular complexity index is 964. The number of hydrogen-bond donors (Lipinski definition) is 2. The van der Waals surface area contributed by atoms with Gasteiger partial charge < -0.3 is 5.11 Å². The van der Waals surface area contributed by atoms with Crippen LogP contribution in [0.1, 0.15) is 22.3 Å². The molecule has 0 aliphatic carbocycles. The van der Waals surface area contributed by atoms with Gasteiger partial charge in [0.1, 0.15) is 0 Å². The summed E-state index contributed by atoms with van der Waals surface area (Å²) in [6.07, 6.45) is 3.31. The minimum Gasteiger partial charge on any atom is -0.492 e. The molecule has 0 saturated heterocycles. The van der Waals surface area contributed by atoms with Gasteiger partial charge in [0.2, 0.25) is 5.88 Å². The number of nitrogens with zero attached hydrogens (tertiary/aromatic N) is 4. The van der Waals surface area contributed by atoms with Crippen LogP contribution >= 0.6 is 12.6 Å². The monoisotopic (exact) mass is 362 g/mol. The van der Waals surface area contributed by atoms with E-state index in [1.54, 1.807) is 12.4 Å². The largest absolute Gasteiger partial charge is 0.492 e. The molecular formula is C20H18N4OS. The van der Waals surface area contributed by atoms with Crippen molar-refractivity contribution in [1.82, 2.24) is 9.97 Å². The molecule has 1 N–H and O–H groups in total. The van der Waals surface area contributed by atoms with Gasteiger partial charge in [0.15, 0.2) is 16.7 Å². The normalized spacial score (nSPS) is 11.5. The average Bonchev–Trinajstić information content (AvgIpc) is 2.62. The van der Waals surface area contributed by atoms with Crippen molar-refractivity contribution < 1.29 is 5.11 Å². The van der Waals surface area contributed by atoms with Crippen molar-refractivity contribution in [3.05, 3.63) is 70.8 Å². The van der Waals surface area contributed by atoms with E-state index in [2.05, 4.69) is 32.6 Å². The molecule has 2 aromatic carbocycles. The van der Waals surface area contributed by atoms with E-state index >= 15 is 0 Å². The molecule has 3 aromatic rings. The van der Waals surface area contributed by atoms with E-state index in [1.165, 1.54) is 5.56 Å². The van der Waals surface area contributed by atoms with Gasteiger partial charge in [-0.1, -0.05) is 59.7 Å². The summed E-state index contributed by atoms with van der Waals surface area (Å²) >= 11 is 4.11. The van der Waals surface area contributed by atoms with Crippen molar-refractivity contribution in [3.8, 4) is 5.88 Å². The van der Waals surface area contributed by atoms with Crippen LogP contribution in [-0.2, 0) is 0 Å². The topological polar surface area (TPSA) is 70.7 Å². The van der Waals surface area contributed by atoms with Crippen LogP contribution in [0.5, 0.6) is 5.88 Å². The third kappa shape index (κ3) is 4.55. The molecular weight excluding hydrogens is 344 g/mol. The van der Waals surface area contributed by atoms with E-state index in [0.29, 0.717) is 0 Å². The predicted molar refractivity (Wildman–Crippen MR) is 108 cm³/mol. The number of aryl methyl sites for hydroxylation is 2. The van der Waals surface area contributed by atoms with Crippen molar-refractivity contribution in [2.24, 2.45) is 9.98 Å². The highest BCUT2D eigenvalue weighted by atomic mass is 32.1. The smallest absolute Gasteiger partial charge is 0.243 e. The lowest BCUT2D eigenvalue weighted by molar-refractivity contribution is 0.448. The van der Waals surface area contributed by atoms with Crippen LogP contribution in [0.2, 0.25) is 0 Å². The zero-order valence-electron chi connectivity index (χ0n) is 14.5. The van der Waals surface area contributed by atoms with Crippen LogP contribution in [0.4, 0.5) is 11.5 Å². The molecule has 3 rings (SSSR count). The highest BCUT2D eigenvalue weighted by Gasteiger charge is 2.11. The Labute approximate surface area is 157 Å². The van der Waals surface area contributed by atoms with E-state index in [-0.39, 0.29) is 22.5 Å². The molecule has 0 amide bonds. The van der Waals surface area contributed by atoms with Gasteiger partial charge in [0.05, 0.1) is 0 Å². The summed E-state index contributed by atoms with van der Waals surface area (Å²) in [7, 11) is 0. The number of aromatic hydroxyl groups is 1. The van der Waals surface area contributed by atoms with Crippen LogP contribution in [0.25, 0.3) is 0 Å². The lowest BCUT2D eigenvalue weighted by Gasteiger charge is -2.03. The third-order valence-corrected chi connectivity index (χ3v) is 3.87. The number of rotatable bonds is 4. The summed E-state index contributed by atoms with van der Waals surface area (Å²) in [5.74, 6) is -0.00384. The number of aromatic nitrogens is 2. The van der Waals surface area contributed by atoms with Crippen molar-refractivity contribution in [3.63, 3.8) is 0 Å². The lowest BCUT2D eigenvalue weighted by Crippen LogP contribution is -1.88. The number of aliphatic imine (C=N–C) groups is 2. The SMILES string of the molecule is Cc1ccc(/C=N/c2nc(S)nc(O)c2/N=C/c2ccc(C)cc2)cc1. The second-order valence-corrected chi connectivity index (χ2v) is 6.26. The molecule has 0 unspecified atom stereocenters. The first-order valence-corrected chi connectivity index (χ1v) is 8.47. The maximum Gasteiger partial charge on any atom is 0.243 e. The zero-order chi connectivity index (χ0) is 18.5. The first kappa shape index (κ1) is 17.8. The molecule has 1 heterocycles. The van der Waals surface area contributed by atoms with Crippen LogP contribution in [0.3, 0.4) is 0 Å². The fourth-order valence-electron chi connectivity index (χ4n) is 2.21. The van der Waals surface area contributed by atoms with Crippen LogP contribution < -0.4 is 0 Å². The highest BCUT2D eigenvalue weighted by Crippen LogP contribution is 2.34. The molecule has 0 fully saturated rings. The summed E-state index contributed by atoms with van der Waals surface area (Å²) < 4.78 is 0. The van der Waals surface area contributed by atoms with Crippen LogP contribution in [0, 0.1) is 13.8 Å². The van der Waals surface area contributed by atoms with Crippen molar-refractivity contribution in [2.45, 2.75) is 19.0 Å². The van der Waals surface area contributed by atoms with Gasteiger partial charge in [0, 0.05) is 12.4 Å². The maximum absolute atomic E-state index is 10.1. The molecule has 130 valence electrons. The van der Waals surface area contributed by atoms with Crippen LogP contribution in [-0.4, -0.2) is 27.5 Å². The van der Waals surface area contributed by atoms with E-state index in [0.717, 1.165) is 16.7 Å². The van der Waals surface area contributed by atoms with Gasteiger partial charge in [-0.3, -0.25) is 0 Å². The van der Waals surface area contributed by atoms with Crippen molar-refractivity contribution >= 4 is 36.6 Å². The minimum atomic E-state index is -0.260. The second kappa shape index (κ2) is 7.93. The number of thiol groups is 1. The van der Waals surface area contributed by atoms with Gasteiger partial charge in [0.25, 0.3) is 0 Å². The van der Waals surface area contributed by atoms with E-state index < -0.39 is 0 Å².